The van der Waals surface area contributed by atoms with Crippen molar-refractivity contribution in [3.63, 3.8) is 0 Å². The van der Waals surface area contributed by atoms with Gasteiger partial charge in [-0.1, -0.05) is 0 Å². The molecule has 0 aliphatic heterocycles. The molecule has 96 valence electrons. The number of halogens is 6. The number of ether oxygens (including phenoxy) is 1. The van der Waals surface area contributed by atoms with Gasteiger partial charge in [-0.05, 0) is 13.0 Å². The lowest BCUT2D eigenvalue weighted by molar-refractivity contribution is -0.276. The van der Waals surface area contributed by atoms with Crippen molar-refractivity contribution in [3.8, 4) is 5.75 Å². The second kappa shape index (κ2) is 3.97. The Morgan fingerprint density at radius 3 is 2.12 bits per heavy atom. The van der Waals surface area contributed by atoms with Gasteiger partial charge in [-0.15, -0.1) is 13.2 Å². The second-order valence-electron chi connectivity index (χ2n) is 3.07. The summed E-state index contributed by atoms with van der Waals surface area (Å²) in [4.78, 5) is 12.2. The van der Waals surface area contributed by atoms with E-state index in [-0.39, 0.29) is 5.56 Å². The molecule has 17 heavy (non-hydrogen) atoms. The fourth-order valence-electron chi connectivity index (χ4n) is 1.02. The molecule has 0 radical (unpaired) electrons. The first-order chi connectivity index (χ1) is 7.50. The lowest BCUT2D eigenvalue weighted by Gasteiger charge is -2.15. The fraction of sp³-hybridized carbons (Fsp3) is 0.375. The number of aromatic amines is 1. The van der Waals surface area contributed by atoms with Crippen molar-refractivity contribution < 1.29 is 31.1 Å². The maximum absolute atomic E-state index is 12.3. The maximum Gasteiger partial charge on any atom is 0.573 e. The Balaban J connectivity index is 3.37. The van der Waals surface area contributed by atoms with Crippen LogP contribution < -0.4 is 10.3 Å². The average molecular weight is 261 g/mol. The normalized spacial score (nSPS) is 12.6. The Labute approximate surface area is 90.0 Å². The predicted molar refractivity (Wildman–Crippen MR) is 43.5 cm³/mol. The summed E-state index contributed by atoms with van der Waals surface area (Å²) in [5.74, 6) is -1.48. The summed E-state index contributed by atoms with van der Waals surface area (Å²) < 4.78 is 75.7. The molecule has 0 aliphatic rings. The van der Waals surface area contributed by atoms with Crippen LogP contribution in [0, 0.1) is 6.92 Å². The molecule has 0 saturated carbocycles. The van der Waals surface area contributed by atoms with Crippen LogP contribution in [0.2, 0.25) is 0 Å². The largest absolute Gasteiger partial charge is 0.573 e. The standard InChI is InChI=1S/C8H5F6NO2/c1-3-2-4(17-8(12,13)14)5(7(9,10)11)15-6(3)16/h2H,1H3,(H,15,16). The number of alkyl halides is 6. The first kappa shape index (κ1) is 13.4. The molecule has 0 bridgehead atoms. The highest BCUT2D eigenvalue weighted by atomic mass is 19.4. The molecule has 1 aromatic heterocycles. The van der Waals surface area contributed by atoms with Gasteiger partial charge in [-0.2, -0.15) is 13.2 Å². The van der Waals surface area contributed by atoms with Gasteiger partial charge in [0.05, 0.1) is 0 Å². The number of hydrogen-bond acceptors (Lipinski definition) is 2. The van der Waals surface area contributed by atoms with Gasteiger partial charge in [0.2, 0.25) is 0 Å². The Hall–Kier alpha value is -1.67. The molecule has 0 aliphatic carbocycles. The zero-order valence-electron chi connectivity index (χ0n) is 8.16. The molecule has 1 rings (SSSR count). The van der Waals surface area contributed by atoms with Crippen LogP contribution >= 0.6 is 0 Å². The zero-order chi connectivity index (χ0) is 13.4. The van der Waals surface area contributed by atoms with Crippen LogP contribution in [0.5, 0.6) is 5.75 Å². The Kier molecular flexibility index (Phi) is 3.13. The van der Waals surface area contributed by atoms with E-state index in [4.69, 9.17) is 0 Å². The van der Waals surface area contributed by atoms with Gasteiger partial charge in [0.1, 0.15) is 0 Å². The molecule has 0 saturated heterocycles. The molecule has 1 heterocycles. The SMILES string of the molecule is Cc1cc(OC(F)(F)F)c(C(F)(F)F)[nH]c1=O. The van der Waals surface area contributed by atoms with Crippen LogP contribution in [0.25, 0.3) is 0 Å². The van der Waals surface area contributed by atoms with Crippen molar-refractivity contribution in [2.75, 3.05) is 0 Å². The Morgan fingerprint density at radius 2 is 1.71 bits per heavy atom. The summed E-state index contributed by atoms with van der Waals surface area (Å²) in [6, 6.07) is 0.384. The quantitative estimate of drug-likeness (QED) is 0.789. The minimum absolute atomic E-state index is 0.322. The van der Waals surface area contributed by atoms with Crippen LogP contribution in [0.4, 0.5) is 26.3 Å². The van der Waals surface area contributed by atoms with Gasteiger partial charge in [-0.3, -0.25) is 4.79 Å². The number of H-pyrrole nitrogens is 1. The predicted octanol–water partition coefficient (Wildman–Crippen LogP) is 2.60. The summed E-state index contributed by atoms with van der Waals surface area (Å²) >= 11 is 0. The third-order valence-electron chi connectivity index (χ3n) is 1.70. The lowest BCUT2D eigenvalue weighted by atomic mass is 10.2. The molecule has 1 aromatic rings. The van der Waals surface area contributed by atoms with Crippen LogP contribution in [0.1, 0.15) is 11.3 Å². The van der Waals surface area contributed by atoms with Crippen molar-refractivity contribution >= 4 is 0 Å². The summed E-state index contributed by atoms with van der Waals surface area (Å²) in [5, 5.41) is 0. The van der Waals surface area contributed by atoms with Crippen molar-refractivity contribution in [3.05, 3.63) is 27.7 Å². The van der Waals surface area contributed by atoms with E-state index in [0.29, 0.717) is 6.07 Å². The number of hydrogen-bond donors (Lipinski definition) is 1. The van der Waals surface area contributed by atoms with Gasteiger partial charge < -0.3 is 9.72 Å². The van der Waals surface area contributed by atoms with E-state index in [1.165, 1.54) is 4.98 Å². The Bertz CT molecular complexity index is 472. The van der Waals surface area contributed by atoms with Gasteiger partial charge in [-0.25, -0.2) is 0 Å². The smallest absolute Gasteiger partial charge is 0.404 e. The number of aryl methyl sites for hydroxylation is 1. The van der Waals surface area contributed by atoms with Gasteiger partial charge in [0, 0.05) is 5.56 Å². The first-order valence-electron chi connectivity index (χ1n) is 4.07. The van der Waals surface area contributed by atoms with E-state index in [1.807, 2.05) is 0 Å². The van der Waals surface area contributed by atoms with E-state index in [0.717, 1.165) is 6.92 Å². The molecular formula is C8H5F6NO2. The number of aromatic nitrogens is 1. The van der Waals surface area contributed by atoms with Gasteiger partial charge >= 0.3 is 12.5 Å². The van der Waals surface area contributed by atoms with Crippen molar-refractivity contribution in [1.29, 1.82) is 0 Å². The molecule has 0 unspecified atom stereocenters. The topological polar surface area (TPSA) is 42.1 Å². The van der Waals surface area contributed by atoms with E-state index in [1.54, 1.807) is 0 Å². The van der Waals surface area contributed by atoms with Crippen LogP contribution in [0.15, 0.2) is 10.9 Å². The number of nitrogens with one attached hydrogen (secondary N) is 1. The van der Waals surface area contributed by atoms with E-state index >= 15 is 0 Å². The summed E-state index contributed by atoms with van der Waals surface area (Å²) in [7, 11) is 0. The van der Waals surface area contributed by atoms with Crippen molar-refractivity contribution in [2.24, 2.45) is 0 Å². The zero-order valence-corrected chi connectivity index (χ0v) is 8.16. The summed E-state index contributed by atoms with van der Waals surface area (Å²) in [6.45, 7) is 1.06. The molecule has 9 heteroatoms. The maximum atomic E-state index is 12.3. The molecule has 0 aromatic carbocycles. The third-order valence-corrected chi connectivity index (χ3v) is 1.70. The minimum Gasteiger partial charge on any atom is -0.404 e. The number of rotatable bonds is 1. The summed E-state index contributed by atoms with van der Waals surface area (Å²) in [5.41, 5.74) is -3.32. The third kappa shape index (κ3) is 3.40. The molecule has 3 nitrogen and oxygen atoms in total. The van der Waals surface area contributed by atoms with Crippen LogP contribution in [-0.4, -0.2) is 11.3 Å². The minimum atomic E-state index is -5.27. The highest BCUT2D eigenvalue weighted by Crippen LogP contribution is 2.36. The van der Waals surface area contributed by atoms with Gasteiger partial charge in [0.25, 0.3) is 5.56 Å². The summed E-state index contributed by atoms with van der Waals surface area (Å²) in [6.07, 6.45) is -10.4. The van der Waals surface area contributed by atoms with E-state index < -0.39 is 29.5 Å². The molecular weight excluding hydrogens is 256 g/mol. The second-order valence-corrected chi connectivity index (χ2v) is 3.07. The molecule has 0 amide bonds. The fourth-order valence-corrected chi connectivity index (χ4v) is 1.02. The molecule has 1 N–H and O–H groups in total. The molecule has 0 atom stereocenters. The van der Waals surface area contributed by atoms with Crippen molar-refractivity contribution in [1.82, 2.24) is 4.98 Å². The van der Waals surface area contributed by atoms with E-state index in [9.17, 15) is 31.1 Å². The molecule has 0 spiro atoms. The highest BCUT2D eigenvalue weighted by Gasteiger charge is 2.40. The lowest BCUT2D eigenvalue weighted by Crippen LogP contribution is -2.24. The van der Waals surface area contributed by atoms with Crippen LogP contribution in [-0.2, 0) is 6.18 Å². The highest BCUT2D eigenvalue weighted by molar-refractivity contribution is 5.33. The number of pyridine rings is 1. The Morgan fingerprint density at radius 1 is 1.18 bits per heavy atom. The average Bonchev–Trinajstić information content (AvgIpc) is 2.06. The van der Waals surface area contributed by atoms with Gasteiger partial charge in [0.15, 0.2) is 11.4 Å². The monoisotopic (exact) mass is 261 g/mol. The van der Waals surface area contributed by atoms with Crippen LogP contribution in [0.3, 0.4) is 0 Å². The van der Waals surface area contributed by atoms with E-state index in [2.05, 4.69) is 4.74 Å². The first-order valence-corrected chi connectivity index (χ1v) is 4.07. The van der Waals surface area contributed by atoms with Crippen molar-refractivity contribution in [2.45, 2.75) is 19.5 Å². The molecule has 0 fully saturated rings.